The van der Waals surface area contributed by atoms with Crippen LogP contribution in [-0.2, 0) is 5.41 Å². The Morgan fingerprint density at radius 3 is 2.03 bits per heavy atom. The number of aliphatic hydroxyl groups is 1. The van der Waals surface area contributed by atoms with E-state index in [2.05, 4.69) is 70.3 Å². The monoisotopic (exact) mass is 462 g/mol. The maximum absolute atomic E-state index is 10.1. The smallest absolute Gasteiger partial charge is 0.250 e. The fourth-order valence-electron chi connectivity index (χ4n) is 7.06. The van der Waals surface area contributed by atoms with Crippen LogP contribution in [0.15, 0.2) is 42.5 Å². The average Bonchev–Trinajstić information content (AvgIpc) is 2.72. The lowest BCUT2D eigenvalue weighted by Crippen LogP contribution is -2.49. The molecular weight excluding hydrogens is 420 g/mol. The van der Waals surface area contributed by atoms with Gasteiger partial charge >= 0.3 is 0 Å². The van der Waals surface area contributed by atoms with E-state index >= 15 is 0 Å². The molecule has 0 aliphatic heterocycles. The van der Waals surface area contributed by atoms with Crippen LogP contribution in [-0.4, -0.2) is 13.4 Å². The summed E-state index contributed by atoms with van der Waals surface area (Å²) in [4.78, 5) is 0. The predicted octanol–water partition coefficient (Wildman–Crippen LogP) is 8.26. The summed E-state index contributed by atoms with van der Waals surface area (Å²) in [6, 6.07) is 15.4. The highest BCUT2D eigenvalue weighted by Gasteiger charge is 2.53. The molecule has 1 N–H and O–H groups in total. The van der Waals surface area contributed by atoms with Crippen LogP contribution < -0.4 is 4.43 Å². The molecule has 0 heterocycles. The average molecular weight is 463 g/mol. The zero-order valence-corrected chi connectivity index (χ0v) is 22.4. The van der Waals surface area contributed by atoms with Gasteiger partial charge in [-0.2, -0.15) is 0 Å². The van der Waals surface area contributed by atoms with E-state index in [0.717, 1.165) is 29.1 Å². The standard InChI is InChI=1S/C30H42O2Si/c1-20(31)24-8-7-9-25(15-24)26-10-11-28(32-33(5,6)29(2,3)4)27(16-26)30-17-21-12-22(18-30)14-23(13-21)19-30/h7-11,15-16,20-23,31H,12-14,17-19H2,1-6H3. The van der Waals surface area contributed by atoms with Crippen LogP contribution in [0.2, 0.25) is 18.1 Å². The minimum atomic E-state index is -1.94. The summed E-state index contributed by atoms with van der Waals surface area (Å²) in [5.74, 6) is 3.86. The van der Waals surface area contributed by atoms with Crippen LogP contribution in [0.4, 0.5) is 0 Å². The first-order chi connectivity index (χ1) is 15.5. The highest BCUT2D eigenvalue weighted by molar-refractivity contribution is 6.74. The zero-order valence-electron chi connectivity index (χ0n) is 21.4. The van der Waals surface area contributed by atoms with Gasteiger partial charge < -0.3 is 9.53 Å². The highest BCUT2D eigenvalue weighted by atomic mass is 28.4. The van der Waals surface area contributed by atoms with E-state index in [4.69, 9.17) is 4.43 Å². The highest BCUT2D eigenvalue weighted by Crippen LogP contribution is 2.62. The van der Waals surface area contributed by atoms with Crippen molar-refractivity contribution in [3.63, 3.8) is 0 Å². The largest absolute Gasteiger partial charge is 0.543 e. The number of hydrogen-bond donors (Lipinski definition) is 1. The van der Waals surface area contributed by atoms with Crippen molar-refractivity contribution in [1.29, 1.82) is 0 Å². The Morgan fingerprint density at radius 2 is 1.48 bits per heavy atom. The predicted molar refractivity (Wildman–Crippen MR) is 140 cm³/mol. The molecule has 178 valence electrons. The number of aliphatic hydroxyl groups excluding tert-OH is 1. The van der Waals surface area contributed by atoms with Crippen molar-refractivity contribution in [3.05, 3.63) is 53.6 Å². The number of rotatable bonds is 5. The SMILES string of the molecule is CC(O)c1cccc(-c2ccc(O[Si](C)(C)C(C)(C)C)c(C34CC5CC(CC(C5)C3)C4)c2)c1. The molecule has 4 bridgehead atoms. The lowest BCUT2D eigenvalue weighted by molar-refractivity contribution is -0.00584. The topological polar surface area (TPSA) is 29.5 Å². The zero-order chi connectivity index (χ0) is 23.6. The fraction of sp³-hybridized carbons (Fsp3) is 0.600. The third-order valence-corrected chi connectivity index (χ3v) is 13.8. The maximum Gasteiger partial charge on any atom is 0.250 e. The van der Waals surface area contributed by atoms with Gasteiger partial charge in [0.15, 0.2) is 0 Å². The molecule has 4 aliphatic carbocycles. The first-order valence-corrected chi connectivity index (χ1v) is 16.0. The van der Waals surface area contributed by atoms with Gasteiger partial charge in [0.1, 0.15) is 5.75 Å². The van der Waals surface area contributed by atoms with Crippen molar-refractivity contribution in [1.82, 2.24) is 0 Å². The summed E-state index contributed by atoms with van der Waals surface area (Å²) in [6.45, 7) is 13.6. The summed E-state index contributed by atoms with van der Waals surface area (Å²) in [5, 5.41) is 10.3. The summed E-state index contributed by atoms with van der Waals surface area (Å²) in [5.41, 5.74) is 5.19. The number of hydrogen-bond acceptors (Lipinski definition) is 2. The Bertz CT molecular complexity index is 995. The van der Waals surface area contributed by atoms with Crippen molar-refractivity contribution in [2.45, 2.75) is 95.9 Å². The second-order valence-corrected chi connectivity index (χ2v) is 17.8. The molecule has 0 saturated heterocycles. The Hall–Kier alpha value is -1.58. The van der Waals surface area contributed by atoms with E-state index < -0.39 is 14.4 Å². The van der Waals surface area contributed by atoms with E-state index in [1.165, 1.54) is 55.2 Å². The third kappa shape index (κ3) is 4.21. The molecule has 2 nitrogen and oxygen atoms in total. The minimum Gasteiger partial charge on any atom is -0.543 e. The summed E-state index contributed by atoms with van der Waals surface area (Å²) in [7, 11) is -1.94. The Kier molecular flexibility index (Phi) is 5.61. The molecule has 2 aromatic rings. The van der Waals surface area contributed by atoms with Gasteiger partial charge in [0.2, 0.25) is 8.32 Å². The Morgan fingerprint density at radius 1 is 0.909 bits per heavy atom. The van der Waals surface area contributed by atoms with Crippen LogP contribution in [0.1, 0.15) is 83.5 Å². The van der Waals surface area contributed by atoms with Gasteiger partial charge in [-0.15, -0.1) is 0 Å². The van der Waals surface area contributed by atoms with Crippen LogP contribution in [0.5, 0.6) is 5.75 Å². The molecule has 33 heavy (non-hydrogen) atoms. The lowest BCUT2D eigenvalue weighted by atomic mass is 9.48. The van der Waals surface area contributed by atoms with Crippen LogP contribution in [0.3, 0.4) is 0 Å². The van der Waals surface area contributed by atoms with Crippen molar-refractivity contribution in [2.75, 3.05) is 0 Å². The molecule has 4 aliphatic rings. The molecule has 2 aromatic carbocycles. The minimum absolute atomic E-state index is 0.177. The molecule has 0 radical (unpaired) electrons. The van der Waals surface area contributed by atoms with Gasteiger partial charge in [0.05, 0.1) is 6.10 Å². The molecule has 1 atom stereocenters. The van der Waals surface area contributed by atoms with Gasteiger partial charge in [-0.05, 0) is 127 Å². The first-order valence-electron chi connectivity index (χ1n) is 13.1. The van der Waals surface area contributed by atoms with Gasteiger partial charge in [-0.25, -0.2) is 0 Å². The normalized spacial score (nSPS) is 29.8. The molecule has 0 spiro atoms. The van der Waals surface area contributed by atoms with Gasteiger partial charge in [0.25, 0.3) is 0 Å². The molecular formula is C30H42O2Si. The van der Waals surface area contributed by atoms with Crippen molar-refractivity contribution >= 4 is 8.32 Å². The van der Waals surface area contributed by atoms with E-state index in [1.807, 2.05) is 13.0 Å². The maximum atomic E-state index is 10.1. The van der Waals surface area contributed by atoms with E-state index in [1.54, 1.807) is 0 Å². The van der Waals surface area contributed by atoms with E-state index in [-0.39, 0.29) is 10.5 Å². The second-order valence-electron chi connectivity index (χ2n) is 13.1. The molecule has 4 fully saturated rings. The fourth-order valence-corrected chi connectivity index (χ4v) is 8.09. The van der Waals surface area contributed by atoms with Crippen molar-refractivity contribution in [3.8, 4) is 16.9 Å². The summed E-state index contributed by atoms with van der Waals surface area (Å²) < 4.78 is 7.04. The molecule has 6 rings (SSSR count). The molecule has 0 amide bonds. The molecule has 0 aromatic heterocycles. The molecule has 1 unspecified atom stereocenters. The Balaban J connectivity index is 1.61. The van der Waals surface area contributed by atoms with Crippen LogP contribution >= 0.6 is 0 Å². The second kappa shape index (κ2) is 7.98. The first kappa shape index (κ1) is 23.2. The summed E-state index contributed by atoms with van der Waals surface area (Å²) in [6.07, 6.45) is 7.92. The summed E-state index contributed by atoms with van der Waals surface area (Å²) >= 11 is 0. The molecule has 3 heteroatoms. The van der Waals surface area contributed by atoms with Gasteiger partial charge in [-0.1, -0.05) is 45.0 Å². The third-order valence-electron chi connectivity index (χ3n) is 9.46. The van der Waals surface area contributed by atoms with Crippen LogP contribution in [0, 0.1) is 17.8 Å². The Labute approximate surface area is 201 Å². The number of benzene rings is 2. The molecule has 4 saturated carbocycles. The van der Waals surface area contributed by atoms with Gasteiger partial charge in [0, 0.05) is 0 Å². The van der Waals surface area contributed by atoms with Crippen LogP contribution in [0.25, 0.3) is 11.1 Å². The lowest BCUT2D eigenvalue weighted by Gasteiger charge is -2.57. The van der Waals surface area contributed by atoms with E-state index in [0.29, 0.717) is 0 Å². The quantitative estimate of drug-likeness (QED) is 0.453. The van der Waals surface area contributed by atoms with E-state index in [9.17, 15) is 5.11 Å². The van der Waals surface area contributed by atoms with Gasteiger partial charge in [-0.3, -0.25) is 0 Å². The van der Waals surface area contributed by atoms with Crippen molar-refractivity contribution in [2.24, 2.45) is 17.8 Å². The van der Waals surface area contributed by atoms with Crippen molar-refractivity contribution < 1.29 is 9.53 Å².